The third-order valence-electron chi connectivity index (χ3n) is 4.19. The lowest BCUT2D eigenvalue weighted by Gasteiger charge is -2.32. The van der Waals surface area contributed by atoms with E-state index >= 15 is 0 Å². The summed E-state index contributed by atoms with van der Waals surface area (Å²) in [6.45, 7) is 6.88. The molecule has 0 amide bonds. The van der Waals surface area contributed by atoms with Gasteiger partial charge in [-0.25, -0.2) is 8.42 Å². The Hall–Kier alpha value is -0.400. The Morgan fingerprint density at radius 1 is 1.30 bits per heavy atom. The zero-order chi connectivity index (χ0) is 15.1. The number of piperidine rings is 1. The summed E-state index contributed by atoms with van der Waals surface area (Å²) in [7, 11) is -1.64. The van der Waals surface area contributed by atoms with E-state index in [2.05, 4.69) is 28.0 Å². The summed E-state index contributed by atoms with van der Waals surface area (Å²) in [5.74, 6) is 0.553. The van der Waals surface area contributed by atoms with Crippen molar-refractivity contribution in [2.75, 3.05) is 13.1 Å². The molecular formula is C13H22BrN3O2S. The fourth-order valence-electron chi connectivity index (χ4n) is 2.83. The van der Waals surface area contributed by atoms with Gasteiger partial charge in [0.25, 0.3) is 0 Å². The van der Waals surface area contributed by atoms with Crippen LogP contribution in [0.2, 0.25) is 0 Å². The van der Waals surface area contributed by atoms with Crippen LogP contribution in [0.15, 0.2) is 4.90 Å². The van der Waals surface area contributed by atoms with E-state index in [4.69, 9.17) is 0 Å². The third kappa shape index (κ3) is 2.80. The van der Waals surface area contributed by atoms with Crippen molar-refractivity contribution >= 4 is 26.0 Å². The van der Waals surface area contributed by atoms with Gasteiger partial charge in [-0.2, -0.15) is 9.40 Å². The van der Waals surface area contributed by atoms with E-state index in [0.29, 0.717) is 40.1 Å². The molecule has 2 heterocycles. The van der Waals surface area contributed by atoms with Crippen molar-refractivity contribution in [3.63, 3.8) is 0 Å². The Labute approximate surface area is 129 Å². The highest BCUT2D eigenvalue weighted by Gasteiger charge is 2.34. The summed E-state index contributed by atoms with van der Waals surface area (Å²) in [5, 5.41) is 4.22. The van der Waals surface area contributed by atoms with E-state index < -0.39 is 10.0 Å². The highest BCUT2D eigenvalue weighted by molar-refractivity contribution is 9.09. The minimum Gasteiger partial charge on any atom is -0.271 e. The molecular weight excluding hydrogens is 342 g/mol. The predicted octanol–water partition coefficient (Wildman–Crippen LogP) is 2.22. The first kappa shape index (κ1) is 16.0. The standard InChI is InChI=1S/C13H22BrN3O2S/c1-9(14)12-5-7-17(8-6-12)20(18,19)13-10(2)15-16(4)11(13)3/h9,12H,5-8H2,1-4H3. The van der Waals surface area contributed by atoms with Gasteiger partial charge in [-0.15, -0.1) is 0 Å². The number of aryl methyl sites for hydroxylation is 2. The maximum absolute atomic E-state index is 12.8. The molecule has 1 aliphatic rings. The first-order valence-corrected chi connectivity index (χ1v) is 9.25. The molecule has 1 unspecified atom stereocenters. The summed E-state index contributed by atoms with van der Waals surface area (Å²) in [4.78, 5) is 0.819. The maximum atomic E-state index is 12.8. The molecule has 0 aromatic carbocycles. The molecule has 0 bridgehead atoms. The number of hydrogen-bond acceptors (Lipinski definition) is 3. The second-order valence-electron chi connectivity index (χ2n) is 5.54. The van der Waals surface area contributed by atoms with E-state index in [0.717, 1.165) is 12.8 Å². The molecule has 0 aliphatic carbocycles. The van der Waals surface area contributed by atoms with Gasteiger partial charge in [0.1, 0.15) is 4.90 Å². The predicted molar refractivity (Wildman–Crippen MR) is 82.6 cm³/mol. The van der Waals surface area contributed by atoms with Crippen LogP contribution in [0.4, 0.5) is 0 Å². The number of rotatable bonds is 3. The van der Waals surface area contributed by atoms with E-state index in [1.165, 1.54) is 0 Å². The summed E-state index contributed by atoms with van der Waals surface area (Å²) in [6.07, 6.45) is 1.81. The first-order valence-electron chi connectivity index (χ1n) is 6.89. The molecule has 1 aliphatic heterocycles. The lowest BCUT2D eigenvalue weighted by molar-refractivity contribution is 0.274. The van der Waals surface area contributed by atoms with Crippen molar-refractivity contribution in [1.29, 1.82) is 0 Å². The zero-order valence-corrected chi connectivity index (χ0v) is 14.8. The van der Waals surface area contributed by atoms with Crippen LogP contribution in [0.25, 0.3) is 0 Å². The van der Waals surface area contributed by atoms with E-state index in [-0.39, 0.29) is 0 Å². The SMILES string of the molecule is Cc1nn(C)c(C)c1S(=O)(=O)N1CCC(C(C)Br)CC1. The van der Waals surface area contributed by atoms with Gasteiger partial charge in [0.2, 0.25) is 10.0 Å². The number of sulfonamides is 1. The van der Waals surface area contributed by atoms with Crippen LogP contribution >= 0.6 is 15.9 Å². The fraction of sp³-hybridized carbons (Fsp3) is 0.769. The Kier molecular flexibility index (Phi) is 4.61. The average Bonchev–Trinajstić information content (AvgIpc) is 2.63. The van der Waals surface area contributed by atoms with Crippen molar-refractivity contribution < 1.29 is 8.42 Å². The number of alkyl halides is 1. The summed E-state index contributed by atoms with van der Waals surface area (Å²) in [5.41, 5.74) is 1.29. The van der Waals surface area contributed by atoms with Gasteiger partial charge in [-0.05, 0) is 32.6 Å². The van der Waals surface area contributed by atoms with Gasteiger partial charge in [-0.1, -0.05) is 22.9 Å². The Morgan fingerprint density at radius 2 is 1.85 bits per heavy atom. The molecule has 1 fully saturated rings. The van der Waals surface area contributed by atoms with Gasteiger partial charge >= 0.3 is 0 Å². The van der Waals surface area contributed by atoms with Gasteiger partial charge in [0.15, 0.2) is 0 Å². The molecule has 20 heavy (non-hydrogen) atoms. The maximum Gasteiger partial charge on any atom is 0.246 e. The van der Waals surface area contributed by atoms with Crippen LogP contribution in [0.1, 0.15) is 31.2 Å². The number of halogens is 1. The molecule has 1 saturated heterocycles. The van der Waals surface area contributed by atoms with Crippen LogP contribution in [0.5, 0.6) is 0 Å². The molecule has 1 aromatic rings. The van der Waals surface area contributed by atoms with Crippen LogP contribution in [0, 0.1) is 19.8 Å². The highest BCUT2D eigenvalue weighted by Crippen LogP contribution is 2.30. The lowest BCUT2D eigenvalue weighted by Crippen LogP contribution is -2.40. The van der Waals surface area contributed by atoms with Gasteiger partial charge < -0.3 is 0 Å². The molecule has 114 valence electrons. The Bertz CT molecular complexity index is 587. The van der Waals surface area contributed by atoms with Crippen LogP contribution in [-0.2, 0) is 17.1 Å². The molecule has 1 aromatic heterocycles. The second-order valence-corrected chi connectivity index (χ2v) is 8.86. The monoisotopic (exact) mass is 363 g/mol. The molecule has 0 saturated carbocycles. The van der Waals surface area contributed by atoms with E-state index in [9.17, 15) is 8.42 Å². The van der Waals surface area contributed by atoms with Gasteiger partial charge in [0, 0.05) is 25.0 Å². The van der Waals surface area contributed by atoms with Crippen molar-refractivity contribution in [2.24, 2.45) is 13.0 Å². The fourth-order valence-corrected chi connectivity index (χ4v) is 5.23. The Balaban J connectivity index is 2.24. The molecule has 0 N–H and O–H groups in total. The molecule has 1 atom stereocenters. The molecule has 0 spiro atoms. The molecule has 0 radical (unpaired) electrons. The van der Waals surface area contributed by atoms with Crippen LogP contribution < -0.4 is 0 Å². The summed E-state index contributed by atoms with van der Waals surface area (Å²) < 4.78 is 28.8. The smallest absolute Gasteiger partial charge is 0.246 e. The second kappa shape index (κ2) is 5.77. The highest BCUT2D eigenvalue weighted by atomic mass is 79.9. The minimum atomic E-state index is -3.42. The molecule has 5 nitrogen and oxygen atoms in total. The van der Waals surface area contributed by atoms with Gasteiger partial charge in [-0.3, -0.25) is 4.68 Å². The summed E-state index contributed by atoms with van der Waals surface area (Å²) in [6, 6.07) is 0. The average molecular weight is 364 g/mol. The van der Waals surface area contributed by atoms with Crippen LogP contribution in [-0.4, -0.2) is 40.4 Å². The van der Waals surface area contributed by atoms with Crippen molar-refractivity contribution in [1.82, 2.24) is 14.1 Å². The van der Waals surface area contributed by atoms with Crippen molar-refractivity contribution in [2.45, 2.75) is 43.3 Å². The third-order valence-corrected chi connectivity index (χ3v) is 7.09. The first-order chi connectivity index (χ1) is 9.25. The quantitative estimate of drug-likeness (QED) is 0.773. The lowest BCUT2D eigenvalue weighted by atomic mass is 9.96. The van der Waals surface area contributed by atoms with Crippen LogP contribution in [0.3, 0.4) is 0 Å². The van der Waals surface area contributed by atoms with Gasteiger partial charge in [0.05, 0.1) is 11.4 Å². The topological polar surface area (TPSA) is 55.2 Å². The van der Waals surface area contributed by atoms with E-state index in [1.807, 2.05) is 0 Å². The minimum absolute atomic E-state index is 0.380. The Morgan fingerprint density at radius 3 is 2.25 bits per heavy atom. The molecule has 2 rings (SSSR count). The molecule has 7 heteroatoms. The van der Waals surface area contributed by atoms with Crippen molar-refractivity contribution in [3.05, 3.63) is 11.4 Å². The number of hydrogen-bond donors (Lipinski definition) is 0. The largest absolute Gasteiger partial charge is 0.271 e. The number of nitrogens with zero attached hydrogens (tertiary/aromatic N) is 3. The van der Waals surface area contributed by atoms with E-state index in [1.54, 1.807) is 29.9 Å². The summed E-state index contributed by atoms with van der Waals surface area (Å²) >= 11 is 3.60. The zero-order valence-electron chi connectivity index (χ0n) is 12.4. The number of aromatic nitrogens is 2. The normalized spacial score (nSPS) is 20.2. The van der Waals surface area contributed by atoms with Crippen molar-refractivity contribution in [3.8, 4) is 0 Å².